The van der Waals surface area contributed by atoms with Crippen LogP contribution in [0.25, 0.3) is 0 Å². The van der Waals surface area contributed by atoms with Crippen molar-refractivity contribution in [2.24, 2.45) is 0 Å². The molecule has 0 aliphatic carbocycles. The number of carbonyl (C=O) groups is 1. The average molecular weight is 169 g/mol. The molecule has 3 heteroatoms. The Morgan fingerprint density at radius 3 is 3.17 bits per heavy atom. The fraction of sp³-hybridized carbons (Fsp3) is 0.889. The molecule has 2 rings (SSSR count). The summed E-state index contributed by atoms with van der Waals surface area (Å²) in [5.74, 6) is 0.167. The SMILES string of the molecule is CC(=O)C1CN2CCCC2CO1. The molecule has 0 bridgehead atoms. The van der Waals surface area contributed by atoms with Crippen molar-refractivity contribution in [2.75, 3.05) is 19.7 Å². The molecule has 2 saturated heterocycles. The predicted octanol–water partition coefficient (Wildman–Crippen LogP) is 0.439. The molecular weight excluding hydrogens is 154 g/mol. The van der Waals surface area contributed by atoms with Crippen LogP contribution in [0.3, 0.4) is 0 Å². The lowest BCUT2D eigenvalue weighted by Crippen LogP contribution is -2.48. The summed E-state index contributed by atoms with van der Waals surface area (Å²) in [6, 6.07) is 0.598. The van der Waals surface area contributed by atoms with E-state index >= 15 is 0 Å². The molecule has 0 saturated carbocycles. The standard InChI is InChI=1S/C9H15NO2/c1-7(11)9-5-10-4-2-3-8(10)6-12-9/h8-9H,2-6H2,1H3. The van der Waals surface area contributed by atoms with Crippen LogP contribution in [0, 0.1) is 0 Å². The maximum atomic E-state index is 11.0. The zero-order chi connectivity index (χ0) is 8.55. The van der Waals surface area contributed by atoms with Gasteiger partial charge in [0.25, 0.3) is 0 Å². The summed E-state index contributed by atoms with van der Waals surface area (Å²) in [6.07, 6.45) is 2.35. The maximum absolute atomic E-state index is 11.0. The molecule has 12 heavy (non-hydrogen) atoms. The number of morpholine rings is 1. The summed E-state index contributed by atoms with van der Waals surface area (Å²) >= 11 is 0. The second-order valence-electron chi connectivity index (χ2n) is 3.72. The second kappa shape index (κ2) is 3.15. The Morgan fingerprint density at radius 2 is 2.42 bits per heavy atom. The highest BCUT2D eigenvalue weighted by molar-refractivity contribution is 5.80. The molecule has 0 aromatic heterocycles. The zero-order valence-electron chi connectivity index (χ0n) is 7.45. The number of rotatable bonds is 1. The number of Topliss-reactive ketones (excluding diaryl/α,β-unsaturated/α-hetero) is 1. The highest BCUT2D eigenvalue weighted by Gasteiger charge is 2.33. The maximum Gasteiger partial charge on any atom is 0.159 e. The monoisotopic (exact) mass is 169 g/mol. The van der Waals surface area contributed by atoms with Crippen LogP contribution in [0.2, 0.25) is 0 Å². The minimum absolute atomic E-state index is 0.153. The summed E-state index contributed by atoms with van der Waals surface area (Å²) in [7, 11) is 0. The average Bonchev–Trinajstić information content (AvgIpc) is 2.49. The largest absolute Gasteiger partial charge is 0.367 e. The first kappa shape index (κ1) is 8.20. The van der Waals surface area contributed by atoms with E-state index in [1.165, 1.54) is 12.8 Å². The summed E-state index contributed by atoms with van der Waals surface area (Å²) in [5, 5.41) is 0. The van der Waals surface area contributed by atoms with Crippen molar-refractivity contribution in [1.29, 1.82) is 0 Å². The van der Waals surface area contributed by atoms with Crippen LogP contribution in [0.5, 0.6) is 0 Å². The van der Waals surface area contributed by atoms with Crippen LogP contribution in [-0.2, 0) is 9.53 Å². The van der Waals surface area contributed by atoms with Crippen molar-refractivity contribution >= 4 is 5.78 Å². The first-order chi connectivity index (χ1) is 5.77. The van der Waals surface area contributed by atoms with Gasteiger partial charge in [0, 0.05) is 12.6 Å². The van der Waals surface area contributed by atoms with Crippen molar-refractivity contribution in [3.05, 3.63) is 0 Å². The van der Waals surface area contributed by atoms with Gasteiger partial charge in [0.2, 0.25) is 0 Å². The Morgan fingerprint density at radius 1 is 1.58 bits per heavy atom. The fourth-order valence-electron chi connectivity index (χ4n) is 2.06. The van der Waals surface area contributed by atoms with E-state index in [2.05, 4.69) is 4.90 Å². The molecule has 2 fully saturated rings. The van der Waals surface area contributed by atoms with Gasteiger partial charge in [-0.1, -0.05) is 0 Å². The highest BCUT2D eigenvalue weighted by Crippen LogP contribution is 2.22. The molecule has 3 nitrogen and oxygen atoms in total. The molecule has 0 amide bonds. The molecule has 0 radical (unpaired) electrons. The number of carbonyl (C=O) groups excluding carboxylic acids is 1. The lowest BCUT2D eigenvalue weighted by Gasteiger charge is -2.33. The number of ether oxygens (including phenoxy) is 1. The lowest BCUT2D eigenvalue weighted by molar-refractivity contribution is -0.136. The lowest BCUT2D eigenvalue weighted by atomic mass is 10.1. The molecule has 0 N–H and O–H groups in total. The van der Waals surface area contributed by atoms with E-state index < -0.39 is 0 Å². The zero-order valence-corrected chi connectivity index (χ0v) is 7.45. The van der Waals surface area contributed by atoms with E-state index in [-0.39, 0.29) is 11.9 Å². The van der Waals surface area contributed by atoms with Gasteiger partial charge in [-0.15, -0.1) is 0 Å². The Labute approximate surface area is 72.7 Å². The third-order valence-corrected chi connectivity index (χ3v) is 2.84. The van der Waals surface area contributed by atoms with E-state index in [4.69, 9.17) is 4.74 Å². The van der Waals surface area contributed by atoms with Gasteiger partial charge in [0.1, 0.15) is 6.10 Å². The van der Waals surface area contributed by atoms with Crippen LogP contribution in [-0.4, -0.2) is 42.5 Å². The predicted molar refractivity (Wildman–Crippen MR) is 45.0 cm³/mol. The quantitative estimate of drug-likeness (QED) is 0.570. The van der Waals surface area contributed by atoms with Crippen LogP contribution in [0.4, 0.5) is 0 Å². The fourth-order valence-corrected chi connectivity index (χ4v) is 2.06. The van der Waals surface area contributed by atoms with Gasteiger partial charge in [-0.2, -0.15) is 0 Å². The van der Waals surface area contributed by atoms with Gasteiger partial charge in [-0.3, -0.25) is 9.69 Å². The molecule has 2 atom stereocenters. The molecule has 0 aromatic carbocycles. The minimum atomic E-state index is -0.153. The Balaban J connectivity index is 1.96. The van der Waals surface area contributed by atoms with E-state index in [9.17, 15) is 4.79 Å². The molecule has 68 valence electrons. The van der Waals surface area contributed by atoms with Crippen molar-refractivity contribution in [2.45, 2.75) is 31.9 Å². The number of ketones is 1. The highest BCUT2D eigenvalue weighted by atomic mass is 16.5. The smallest absolute Gasteiger partial charge is 0.159 e. The van der Waals surface area contributed by atoms with Crippen molar-refractivity contribution in [1.82, 2.24) is 4.90 Å². The Hall–Kier alpha value is -0.410. The third-order valence-electron chi connectivity index (χ3n) is 2.84. The van der Waals surface area contributed by atoms with Crippen LogP contribution >= 0.6 is 0 Å². The van der Waals surface area contributed by atoms with Crippen LogP contribution in [0.1, 0.15) is 19.8 Å². The summed E-state index contributed by atoms with van der Waals surface area (Å²) < 4.78 is 5.46. The Kier molecular flexibility index (Phi) is 2.15. The van der Waals surface area contributed by atoms with E-state index in [1.54, 1.807) is 6.92 Å². The summed E-state index contributed by atoms with van der Waals surface area (Å²) in [4.78, 5) is 13.4. The molecule has 2 aliphatic heterocycles. The number of hydrogen-bond acceptors (Lipinski definition) is 3. The number of hydrogen-bond donors (Lipinski definition) is 0. The molecule has 2 unspecified atom stereocenters. The summed E-state index contributed by atoms with van der Waals surface area (Å²) in [5.41, 5.74) is 0. The van der Waals surface area contributed by atoms with E-state index in [0.29, 0.717) is 6.04 Å². The van der Waals surface area contributed by atoms with Crippen molar-refractivity contribution < 1.29 is 9.53 Å². The van der Waals surface area contributed by atoms with Crippen LogP contribution in [0.15, 0.2) is 0 Å². The normalized spacial score (nSPS) is 36.4. The van der Waals surface area contributed by atoms with Gasteiger partial charge in [0.05, 0.1) is 6.61 Å². The Bertz CT molecular complexity index is 193. The van der Waals surface area contributed by atoms with Crippen molar-refractivity contribution in [3.8, 4) is 0 Å². The van der Waals surface area contributed by atoms with Gasteiger partial charge in [0.15, 0.2) is 5.78 Å². The van der Waals surface area contributed by atoms with Crippen molar-refractivity contribution in [3.63, 3.8) is 0 Å². The minimum Gasteiger partial charge on any atom is -0.367 e. The van der Waals surface area contributed by atoms with Gasteiger partial charge in [-0.25, -0.2) is 0 Å². The number of nitrogens with zero attached hydrogens (tertiary/aromatic N) is 1. The molecule has 2 heterocycles. The van der Waals surface area contributed by atoms with E-state index in [0.717, 1.165) is 19.7 Å². The first-order valence-corrected chi connectivity index (χ1v) is 4.63. The van der Waals surface area contributed by atoms with Gasteiger partial charge in [-0.05, 0) is 26.3 Å². The molecule has 0 aromatic rings. The molecule has 0 spiro atoms. The van der Waals surface area contributed by atoms with Gasteiger partial charge < -0.3 is 4.74 Å². The summed E-state index contributed by atoms with van der Waals surface area (Å²) in [6.45, 7) is 4.34. The molecule has 2 aliphatic rings. The van der Waals surface area contributed by atoms with Gasteiger partial charge >= 0.3 is 0 Å². The van der Waals surface area contributed by atoms with Crippen LogP contribution < -0.4 is 0 Å². The first-order valence-electron chi connectivity index (χ1n) is 4.63. The number of fused-ring (bicyclic) bond motifs is 1. The molecular formula is C9H15NO2. The second-order valence-corrected chi connectivity index (χ2v) is 3.72. The third kappa shape index (κ3) is 1.39. The van der Waals surface area contributed by atoms with E-state index in [1.807, 2.05) is 0 Å². The topological polar surface area (TPSA) is 29.5 Å².